The third-order valence-corrected chi connectivity index (χ3v) is 3.72. The van der Waals surface area contributed by atoms with Crippen molar-refractivity contribution in [1.82, 2.24) is 0 Å². The Morgan fingerprint density at radius 3 is 2.43 bits per heavy atom. The molecular weight excluding hydrogens is 264 g/mol. The molecule has 2 aromatic rings. The van der Waals surface area contributed by atoms with Gasteiger partial charge >= 0.3 is 0 Å². The highest BCUT2D eigenvalue weighted by molar-refractivity contribution is 5.77. The van der Waals surface area contributed by atoms with Crippen LogP contribution in [0.5, 0.6) is 11.5 Å². The second-order valence-corrected chi connectivity index (χ2v) is 5.21. The summed E-state index contributed by atoms with van der Waals surface area (Å²) in [5.41, 5.74) is 4.73. The lowest BCUT2D eigenvalue weighted by Gasteiger charge is -2.18. The molecule has 112 valence electrons. The van der Waals surface area contributed by atoms with Crippen molar-refractivity contribution in [2.45, 2.75) is 26.7 Å². The monoisotopic (exact) mass is 286 g/mol. The maximum absolute atomic E-state index is 10.3. The smallest absolute Gasteiger partial charge is 0.127 e. The lowest BCUT2D eigenvalue weighted by Crippen LogP contribution is -2.03. The second-order valence-electron chi connectivity index (χ2n) is 5.21. The van der Waals surface area contributed by atoms with Crippen LogP contribution in [0.2, 0.25) is 0 Å². The zero-order valence-electron chi connectivity index (χ0n) is 12.8. The molecule has 0 aliphatic rings. The van der Waals surface area contributed by atoms with Crippen LogP contribution in [-0.4, -0.2) is 23.9 Å². The molecule has 0 saturated carbocycles. The van der Waals surface area contributed by atoms with Gasteiger partial charge < -0.3 is 14.9 Å². The normalized spacial score (nSPS) is 10.8. The molecule has 0 spiro atoms. The summed E-state index contributed by atoms with van der Waals surface area (Å²) in [7, 11) is 1.65. The van der Waals surface area contributed by atoms with Crippen LogP contribution in [0.15, 0.2) is 30.3 Å². The molecule has 0 atom stereocenters. The highest BCUT2D eigenvalue weighted by Gasteiger charge is 2.18. The maximum Gasteiger partial charge on any atom is 0.127 e. The molecule has 2 rings (SSSR count). The summed E-state index contributed by atoms with van der Waals surface area (Å²) < 4.78 is 5.18. The van der Waals surface area contributed by atoms with E-state index in [1.807, 2.05) is 38.1 Å². The number of hydrogen-bond donors (Lipinski definition) is 2. The van der Waals surface area contributed by atoms with E-state index >= 15 is 0 Å². The van der Waals surface area contributed by atoms with Crippen molar-refractivity contribution in [2.75, 3.05) is 13.7 Å². The SMILES string of the molecule is CCc1c(O)cc(O)c(-c2cccc(C)c2)c1CCOC. The van der Waals surface area contributed by atoms with Gasteiger partial charge in [-0.15, -0.1) is 0 Å². The van der Waals surface area contributed by atoms with Gasteiger partial charge in [0.2, 0.25) is 0 Å². The summed E-state index contributed by atoms with van der Waals surface area (Å²) in [6.07, 6.45) is 1.37. The highest BCUT2D eigenvalue weighted by Crippen LogP contribution is 2.40. The van der Waals surface area contributed by atoms with E-state index in [9.17, 15) is 10.2 Å². The zero-order chi connectivity index (χ0) is 15.4. The van der Waals surface area contributed by atoms with Crippen molar-refractivity contribution < 1.29 is 14.9 Å². The Kier molecular flexibility index (Phi) is 4.86. The minimum Gasteiger partial charge on any atom is -0.508 e. The van der Waals surface area contributed by atoms with Crippen molar-refractivity contribution >= 4 is 0 Å². The summed E-state index contributed by atoms with van der Waals surface area (Å²) in [5, 5.41) is 20.4. The Morgan fingerprint density at radius 2 is 1.81 bits per heavy atom. The van der Waals surface area contributed by atoms with Gasteiger partial charge in [-0.3, -0.25) is 0 Å². The van der Waals surface area contributed by atoms with E-state index in [1.165, 1.54) is 6.07 Å². The lowest BCUT2D eigenvalue weighted by atomic mass is 9.90. The fourth-order valence-electron chi connectivity index (χ4n) is 2.75. The number of benzene rings is 2. The zero-order valence-corrected chi connectivity index (χ0v) is 12.8. The first kappa shape index (κ1) is 15.4. The molecule has 0 saturated heterocycles. The number of methoxy groups -OCH3 is 1. The molecule has 3 nitrogen and oxygen atoms in total. The molecule has 0 aromatic heterocycles. The Labute approximate surface area is 125 Å². The quantitative estimate of drug-likeness (QED) is 0.878. The molecule has 0 amide bonds. The van der Waals surface area contributed by atoms with E-state index in [0.29, 0.717) is 19.4 Å². The number of phenols is 2. The summed E-state index contributed by atoms with van der Waals surface area (Å²) in [6.45, 7) is 4.58. The Morgan fingerprint density at radius 1 is 1.05 bits per heavy atom. The summed E-state index contributed by atoms with van der Waals surface area (Å²) in [6, 6.07) is 9.46. The number of hydrogen-bond acceptors (Lipinski definition) is 3. The van der Waals surface area contributed by atoms with Crippen LogP contribution in [0.4, 0.5) is 0 Å². The van der Waals surface area contributed by atoms with Crippen LogP contribution in [0.1, 0.15) is 23.6 Å². The summed E-state index contributed by atoms with van der Waals surface area (Å²) >= 11 is 0. The van der Waals surface area contributed by atoms with Gasteiger partial charge in [-0.05, 0) is 36.5 Å². The fourth-order valence-corrected chi connectivity index (χ4v) is 2.75. The van der Waals surface area contributed by atoms with E-state index in [-0.39, 0.29) is 11.5 Å². The van der Waals surface area contributed by atoms with E-state index in [0.717, 1.165) is 27.8 Å². The second kappa shape index (κ2) is 6.64. The predicted octanol–water partition coefficient (Wildman–Crippen LogP) is 3.82. The van der Waals surface area contributed by atoms with Gasteiger partial charge in [-0.1, -0.05) is 36.8 Å². The molecule has 0 heterocycles. The molecule has 3 heteroatoms. The first-order valence-electron chi connectivity index (χ1n) is 7.21. The van der Waals surface area contributed by atoms with Crippen LogP contribution in [0.25, 0.3) is 11.1 Å². The fraction of sp³-hybridized carbons (Fsp3) is 0.333. The van der Waals surface area contributed by atoms with Crippen LogP contribution >= 0.6 is 0 Å². The molecule has 0 radical (unpaired) electrons. The Bertz CT molecular complexity index is 633. The van der Waals surface area contributed by atoms with Crippen LogP contribution in [0.3, 0.4) is 0 Å². The van der Waals surface area contributed by atoms with E-state index < -0.39 is 0 Å². The van der Waals surface area contributed by atoms with Gasteiger partial charge in [-0.2, -0.15) is 0 Å². The van der Waals surface area contributed by atoms with E-state index in [1.54, 1.807) is 7.11 Å². The summed E-state index contributed by atoms with van der Waals surface area (Å²) in [4.78, 5) is 0. The molecule has 0 fully saturated rings. The third-order valence-electron chi connectivity index (χ3n) is 3.72. The summed E-state index contributed by atoms with van der Waals surface area (Å²) in [5.74, 6) is 0.263. The van der Waals surface area contributed by atoms with Gasteiger partial charge in [0.05, 0.1) is 6.61 Å². The third kappa shape index (κ3) is 3.19. The highest BCUT2D eigenvalue weighted by atomic mass is 16.5. The van der Waals surface area contributed by atoms with Crippen molar-refractivity contribution in [1.29, 1.82) is 0 Å². The first-order chi connectivity index (χ1) is 10.1. The molecule has 21 heavy (non-hydrogen) atoms. The average molecular weight is 286 g/mol. The largest absolute Gasteiger partial charge is 0.508 e. The topological polar surface area (TPSA) is 49.7 Å². The number of ether oxygens (including phenoxy) is 1. The maximum atomic E-state index is 10.3. The van der Waals surface area contributed by atoms with Crippen molar-refractivity contribution in [2.24, 2.45) is 0 Å². The van der Waals surface area contributed by atoms with Gasteiger partial charge in [0.1, 0.15) is 11.5 Å². The van der Waals surface area contributed by atoms with Gasteiger partial charge in [-0.25, -0.2) is 0 Å². The Balaban J connectivity index is 2.67. The molecule has 0 unspecified atom stereocenters. The van der Waals surface area contributed by atoms with Crippen LogP contribution < -0.4 is 0 Å². The molecule has 0 bridgehead atoms. The number of phenolic OH excluding ortho intramolecular Hbond substituents is 2. The molecule has 2 aromatic carbocycles. The van der Waals surface area contributed by atoms with Crippen molar-refractivity contribution in [3.05, 3.63) is 47.0 Å². The minimum atomic E-state index is 0.112. The number of rotatable bonds is 5. The van der Waals surface area contributed by atoms with Crippen molar-refractivity contribution in [3.63, 3.8) is 0 Å². The molecule has 2 N–H and O–H groups in total. The minimum absolute atomic E-state index is 0.112. The predicted molar refractivity (Wildman–Crippen MR) is 84.9 cm³/mol. The molecule has 0 aliphatic heterocycles. The molecular formula is C18H22O3. The van der Waals surface area contributed by atoms with Crippen LogP contribution in [0, 0.1) is 6.92 Å². The van der Waals surface area contributed by atoms with Gasteiger partial charge in [0.15, 0.2) is 0 Å². The lowest BCUT2D eigenvalue weighted by molar-refractivity contribution is 0.202. The van der Waals surface area contributed by atoms with Gasteiger partial charge in [0.25, 0.3) is 0 Å². The average Bonchev–Trinajstić information content (AvgIpc) is 2.44. The standard InChI is InChI=1S/C18H22O3/c1-4-14-15(8-9-21-3)18(17(20)11-16(14)19)13-7-5-6-12(2)10-13/h5-7,10-11,19-20H,4,8-9H2,1-3H3. The van der Waals surface area contributed by atoms with Crippen molar-refractivity contribution in [3.8, 4) is 22.6 Å². The van der Waals surface area contributed by atoms with Crippen LogP contribution in [-0.2, 0) is 17.6 Å². The first-order valence-corrected chi connectivity index (χ1v) is 7.21. The Hall–Kier alpha value is -2.00. The van der Waals surface area contributed by atoms with Gasteiger partial charge in [0, 0.05) is 18.7 Å². The number of aromatic hydroxyl groups is 2. The van der Waals surface area contributed by atoms with E-state index in [2.05, 4.69) is 0 Å². The van der Waals surface area contributed by atoms with E-state index in [4.69, 9.17) is 4.74 Å². The number of aryl methyl sites for hydroxylation is 1. The molecule has 0 aliphatic carbocycles.